The van der Waals surface area contributed by atoms with Crippen LogP contribution < -0.4 is 10.5 Å². The number of rotatable bonds is 5. The quantitative estimate of drug-likeness (QED) is 0.674. The number of ether oxygens (including phenoxy) is 1. The van der Waals surface area contributed by atoms with E-state index in [0.29, 0.717) is 17.9 Å². The van der Waals surface area contributed by atoms with E-state index in [1.54, 1.807) is 24.3 Å². The molecule has 0 saturated carbocycles. The van der Waals surface area contributed by atoms with E-state index in [1.807, 2.05) is 36.4 Å². The molecule has 0 spiro atoms. The van der Waals surface area contributed by atoms with Crippen molar-refractivity contribution in [1.82, 2.24) is 0 Å². The first-order chi connectivity index (χ1) is 10.2. The zero-order valence-corrected chi connectivity index (χ0v) is 11.3. The number of hydrogen-bond donors (Lipinski definition) is 1. The molecule has 4 nitrogen and oxygen atoms in total. The van der Waals surface area contributed by atoms with Crippen LogP contribution in [0.15, 0.2) is 60.2 Å². The minimum Gasteiger partial charge on any atom is -0.488 e. The molecule has 0 aliphatic heterocycles. The lowest BCUT2D eigenvalue weighted by Gasteiger charge is -2.09. The first-order valence-electron chi connectivity index (χ1n) is 6.38. The fraction of sp³-hybridized carbons (Fsp3) is 0.0588. The van der Waals surface area contributed by atoms with Gasteiger partial charge in [-0.15, -0.1) is 0 Å². The molecule has 2 aromatic rings. The third-order valence-electron chi connectivity index (χ3n) is 2.84. The summed E-state index contributed by atoms with van der Waals surface area (Å²) in [5.41, 5.74) is 6.71. The Bertz CT molecular complexity index is 700. The largest absolute Gasteiger partial charge is 0.488 e. The van der Waals surface area contributed by atoms with E-state index in [-0.39, 0.29) is 5.57 Å². The molecule has 1 amide bonds. The smallest absolute Gasteiger partial charge is 0.259 e. The first kappa shape index (κ1) is 14.4. The maximum absolute atomic E-state index is 11.1. The van der Waals surface area contributed by atoms with Gasteiger partial charge in [0.15, 0.2) is 0 Å². The summed E-state index contributed by atoms with van der Waals surface area (Å²) in [5.74, 6) is -0.161. The molecule has 4 heteroatoms. The summed E-state index contributed by atoms with van der Waals surface area (Å²) >= 11 is 0. The SMILES string of the molecule is N#C/C(=C/c1ccccc1OCc1ccccc1)C(N)=O. The zero-order valence-electron chi connectivity index (χ0n) is 11.3. The highest BCUT2D eigenvalue weighted by Gasteiger charge is 2.07. The van der Waals surface area contributed by atoms with Crippen LogP contribution in [-0.2, 0) is 11.4 Å². The van der Waals surface area contributed by atoms with Crippen LogP contribution in [0.1, 0.15) is 11.1 Å². The van der Waals surface area contributed by atoms with Gasteiger partial charge in [0, 0.05) is 5.56 Å². The van der Waals surface area contributed by atoms with Crippen molar-refractivity contribution in [2.45, 2.75) is 6.61 Å². The number of hydrogen-bond acceptors (Lipinski definition) is 3. The summed E-state index contributed by atoms with van der Waals surface area (Å²) in [6.07, 6.45) is 1.43. The van der Waals surface area contributed by atoms with Crippen molar-refractivity contribution in [3.63, 3.8) is 0 Å². The predicted molar refractivity (Wildman–Crippen MR) is 80.0 cm³/mol. The molecule has 0 heterocycles. The van der Waals surface area contributed by atoms with Crippen LogP contribution in [0.4, 0.5) is 0 Å². The van der Waals surface area contributed by atoms with Gasteiger partial charge < -0.3 is 10.5 Å². The molecule has 0 aliphatic rings. The van der Waals surface area contributed by atoms with Gasteiger partial charge in [0.2, 0.25) is 0 Å². The molecule has 2 rings (SSSR count). The molecule has 0 aliphatic carbocycles. The van der Waals surface area contributed by atoms with Crippen LogP contribution in [0.25, 0.3) is 6.08 Å². The lowest BCUT2D eigenvalue weighted by atomic mass is 10.1. The average Bonchev–Trinajstić information content (AvgIpc) is 2.52. The highest BCUT2D eigenvalue weighted by Crippen LogP contribution is 2.22. The normalized spacial score (nSPS) is 10.7. The molecule has 0 radical (unpaired) electrons. The standard InChI is InChI=1S/C17H14N2O2/c18-11-15(17(19)20)10-14-8-4-5-9-16(14)21-12-13-6-2-1-3-7-13/h1-10H,12H2,(H2,19,20)/b15-10-. The maximum Gasteiger partial charge on any atom is 0.259 e. The van der Waals surface area contributed by atoms with E-state index in [4.69, 9.17) is 15.7 Å². The van der Waals surface area contributed by atoms with Crippen LogP contribution >= 0.6 is 0 Å². The minimum atomic E-state index is -0.754. The monoisotopic (exact) mass is 278 g/mol. The summed E-state index contributed by atoms with van der Waals surface area (Å²) in [6, 6.07) is 18.7. The lowest BCUT2D eigenvalue weighted by Crippen LogP contribution is -2.12. The van der Waals surface area contributed by atoms with Crippen molar-refractivity contribution >= 4 is 12.0 Å². The second kappa shape index (κ2) is 6.92. The van der Waals surface area contributed by atoms with Crippen molar-refractivity contribution in [2.75, 3.05) is 0 Å². The van der Waals surface area contributed by atoms with E-state index >= 15 is 0 Å². The van der Waals surface area contributed by atoms with Gasteiger partial charge in [0.25, 0.3) is 5.91 Å². The predicted octanol–water partition coefficient (Wildman–Crippen LogP) is 2.66. The second-order valence-electron chi connectivity index (χ2n) is 4.35. The molecule has 0 atom stereocenters. The van der Waals surface area contributed by atoms with E-state index in [9.17, 15) is 4.79 Å². The topological polar surface area (TPSA) is 76.1 Å². The number of para-hydroxylation sites is 1. The van der Waals surface area contributed by atoms with Crippen LogP contribution in [0.2, 0.25) is 0 Å². The second-order valence-corrected chi connectivity index (χ2v) is 4.35. The van der Waals surface area contributed by atoms with Gasteiger partial charge in [-0.3, -0.25) is 4.79 Å². The Morgan fingerprint density at radius 2 is 1.81 bits per heavy atom. The lowest BCUT2D eigenvalue weighted by molar-refractivity contribution is -0.114. The molecule has 0 bridgehead atoms. The molecule has 0 aromatic heterocycles. The third kappa shape index (κ3) is 3.95. The van der Waals surface area contributed by atoms with E-state index < -0.39 is 5.91 Å². The summed E-state index contributed by atoms with van der Waals surface area (Å²) in [5, 5.41) is 8.90. The number of nitrogens with two attached hydrogens (primary N) is 1. The molecule has 0 saturated heterocycles. The Hall–Kier alpha value is -3.06. The van der Waals surface area contributed by atoms with Gasteiger partial charge in [-0.25, -0.2) is 0 Å². The Morgan fingerprint density at radius 1 is 1.14 bits per heavy atom. The van der Waals surface area contributed by atoms with Gasteiger partial charge in [-0.1, -0.05) is 48.5 Å². The zero-order chi connectivity index (χ0) is 15.1. The van der Waals surface area contributed by atoms with Crippen molar-refractivity contribution < 1.29 is 9.53 Å². The van der Waals surface area contributed by atoms with Crippen molar-refractivity contribution in [3.05, 3.63) is 71.3 Å². The average molecular weight is 278 g/mol. The number of nitrogens with zero attached hydrogens (tertiary/aromatic N) is 1. The molecule has 2 N–H and O–H groups in total. The first-order valence-corrected chi connectivity index (χ1v) is 6.38. The van der Waals surface area contributed by atoms with Crippen LogP contribution in [-0.4, -0.2) is 5.91 Å². The highest BCUT2D eigenvalue weighted by atomic mass is 16.5. The highest BCUT2D eigenvalue weighted by molar-refractivity contribution is 6.00. The molecular formula is C17H14N2O2. The van der Waals surface area contributed by atoms with Gasteiger partial charge in [0.05, 0.1) is 0 Å². The fourth-order valence-corrected chi connectivity index (χ4v) is 1.78. The van der Waals surface area contributed by atoms with Crippen LogP contribution in [0.3, 0.4) is 0 Å². The Labute approximate surface area is 123 Å². The molecule has 104 valence electrons. The number of carbonyl (C=O) groups is 1. The molecular weight excluding hydrogens is 264 g/mol. The molecule has 21 heavy (non-hydrogen) atoms. The number of nitriles is 1. The van der Waals surface area contributed by atoms with Crippen molar-refractivity contribution in [2.24, 2.45) is 5.73 Å². The van der Waals surface area contributed by atoms with Crippen molar-refractivity contribution in [1.29, 1.82) is 5.26 Å². The summed E-state index contributed by atoms with van der Waals surface area (Å²) in [4.78, 5) is 11.1. The van der Waals surface area contributed by atoms with Gasteiger partial charge in [-0.05, 0) is 17.7 Å². The van der Waals surface area contributed by atoms with E-state index in [2.05, 4.69) is 0 Å². The minimum absolute atomic E-state index is 0.106. The number of benzene rings is 2. The van der Waals surface area contributed by atoms with Gasteiger partial charge in [-0.2, -0.15) is 5.26 Å². The summed E-state index contributed by atoms with van der Waals surface area (Å²) in [6.45, 7) is 0.407. The number of amides is 1. The Balaban J connectivity index is 2.22. The molecule has 2 aromatic carbocycles. The number of carbonyl (C=O) groups excluding carboxylic acids is 1. The maximum atomic E-state index is 11.1. The van der Waals surface area contributed by atoms with Gasteiger partial charge >= 0.3 is 0 Å². The van der Waals surface area contributed by atoms with Crippen LogP contribution in [0.5, 0.6) is 5.75 Å². The van der Waals surface area contributed by atoms with E-state index in [1.165, 1.54) is 6.08 Å². The van der Waals surface area contributed by atoms with Gasteiger partial charge in [0.1, 0.15) is 24.0 Å². The Morgan fingerprint density at radius 3 is 2.48 bits per heavy atom. The van der Waals surface area contributed by atoms with E-state index in [0.717, 1.165) is 5.56 Å². The number of primary amides is 1. The summed E-state index contributed by atoms with van der Waals surface area (Å²) in [7, 11) is 0. The van der Waals surface area contributed by atoms with Crippen LogP contribution in [0, 0.1) is 11.3 Å². The summed E-state index contributed by atoms with van der Waals surface area (Å²) < 4.78 is 5.74. The molecule has 0 unspecified atom stereocenters. The third-order valence-corrected chi connectivity index (χ3v) is 2.84. The fourth-order valence-electron chi connectivity index (χ4n) is 1.78. The Kier molecular flexibility index (Phi) is 4.73. The molecule has 0 fully saturated rings. The van der Waals surface area contributed by atoms with Crippen molar-refractivity contribution in [3.8, 4) is 11.8 Å².